The van der Waals surface area contributed by atoms with Gasteiger partial charge in [0.05, 0.1) is 13.2 Å². The summed E-state index contributed by atoms with van der Waals surface area (Å²) in [5.74, 6) is 2.90. The SMILES string of the molecule is CCOc1ccc(Nc2nc(C)cc(Nc3cccc(OCC)c3)n2)cc1. The molecular weight excluding hydrogens is 340 g/mol. The third kappa shape index (κ3) is 5.34. The average Bonchev–Trinajstić information content (AvgIpc) is 2.64. The Kier molecular flexibility index (Phi) is 6.10. The molecule has 0 amide bonds. The van der Waals surface area contributed by atoms with Gasteiger partial charge in [0.15, 0.2) is 0 Å². The second kappa shape index (κ2) is 8.89. The highest BCUT2D eigenvalue weighted by Crippen LogP contribution is 2.23. The molecule has 1 aromatic heterocycles. The Morgan fingerprint density at radius 3 is 2.26 bits per heavy atom. The van der Waals surface area contributed by atoms with E-state index in [-0.39, 0.29) is 0 Å². The summed E-state index contributed by atoms with van der Waals surface area (Å²) in [7, 11) is 0. The van der Waals surface area contributed by atoms with Crippen molar-refractivity contribution in [3.63, 3.8) is 0 Å². The lowest BCUT2D eigenvalue weighted by Crippen LogP contribution is -2.02. The van der Waals surface area contributed by atoms with Gasteiger partial charge in [-0.2, -0.15) is 4.98 Å². The van der Waals surface area contributed by atoms with E-state index >= 15 is 0 Å². The second-order valence-corrected chi connectivity index (χ2v) is 5.89. The molecule has 6 nitrogen and oxygen atoms in total. The van der Waals surface area contributed by atoms with E-state index in [1.807, 2.05) is 75.4 Å². The van der Waals surface area contributed by atoms with Gasteiger partial charge in [0.25, 0.3) is 0 Å². The van der Waals surface area contributed by atoms with Crippen LogP contribution in [0.1, 0.15) is 19.5 Å². The standard InChI is InChI=1S/C21H24N4O2/c1-4-26-18-11-9-16(10-12-18)24-21-22-15(3)13-20(25-21)23-17-7-6-8-19(14-17)27-5-2/h6-14H,4-5H2,1-3H3,(H2,22,23,24,25). The molecule has 0 bridgehead atoms. The molecule has 140 valence electrons. The van der Waals surface area contributed by atoms with Crippen LogP contribution in [-0.4, -0.2) is 23.2 Å². The molecule has 2 aromatic carbocycles. The van der Waals surface area contributed by atoms with Crippen LogP contribution in [0.15, 0.2) is 54.6 Å². The van der Waals surface area contributed by atoms with Crippen molar-refractivity contribution in [3.05, 3.63) is 60.3 Å². The normalized spacial score (nSPS) is 10.3. The van der Waals surface area contributed by atoms with Gasteiger partial charge in [0.2, 0.25) is 5.95 Å². The fraction of sp³-hybridized carbons (Fsp3) is 0.238. The van der Waals surface area contributed by atoms with Crippen LogP contribution in [0, 0.1) is 6.92 Å². The van der Waals surface area contributed by atoms with Gasteiger partial charge in [-0.15, -0.1) is 0 Å². The third-order valence-corrected chi connectivity index (χ3v) is 3.69. The average molecular weight is 364 g/mol. The molecule has 0 unspecified atom stereocenters. The van der Waals surface area contributed by atoms with E-state index in [9.17, 15) is 0 Å². The van der Waals surface area contributed by atoms with Gasteiger partial charge in [0, 0.05) is 29.2 Å². The zero-order chi connectivity index (χ0) is 19.1. The van der Waals surface area contributed by atoms with Crippen molar-refractivity contribution in [3.8, 4) is 11.5 Å². The maximum Gasteiger partial charge on any atom is 0.229 e. The second-order valence-electron chi connectivity index (χ2n) is 5.89. The lowest BCUT2D eigenvalue weighted by molar-refractivity contribution is 0.340. The molecule has 1 heterocycles. The van der Waals surface area contributed by atoms with Gasteiger partial charge in [-0.1, -0.05) is 6.07 Å². The van der Waals surface area contributed by atoms with E-state index in [1.165, 1.54) is 0 Å². The lowest BCUT2D eigenvalue weighted by Gasteiger charge is -2.11. The number of aryl methyl sites for hydroxylation is 1. The summed E-state index contributed by atoms with van der Waals surface area (Å²) in [5, 5.41) is 6.53. The van der Waals surface area contributed by atoms with E-state index in [0.717, 1.165) is 28.6 Å². The van der Waals surface area contributed by atoms with Crippen LogP contribution in [0.2, 0.25) is 0 Å². The van der Waals surface area contributed by atoms with Crippen LogP contribution in [-0.2, 0) is 0 Å². The van der Waals surface area contributed by atoms with Crippen LogP contribution in [0.25, 0.3) is 0 Å². The van der Waals surface area contributed by atoms with Gasteiger partial charge in [0.1, 0.15) is 17.3 Å². The number of hydrogen-bond donors (Lipinski definition) is 2. The predicted octanol–water partition coefficient (Wildman–Crippen LogP) is 5.07. The molecule has 0 spiro atoms. The summed E-state index contributed by atoms with van der Waals surface area (Å²) in [6.07, 6.45) is 0. The summed E-state index contributed by atoms with van der Waals surface area (Å²) in [6, 6.07) is 17.4. The largest absolute Gasteiger partial charge is 0.494 e. The van der Waals surface area contributed by atoms with Crippen LogP contribution in [0.3, 0.4) is 0 Å². The highest BCUT2D eigenvalue weighted by atomic mass is 16.5. The third-order valence-electron chi connectivity index (χ3n) is 3.69. The van der Waals surface area contributed by atoms with Crippen molar-refractivity contribution in [1.29, 1.82) is 0 Å². The number of rotatable bonds is 8. The summed E-state index contributed by atoms with van der Waals surface area (Å²) in [4.78, 5) is 9.01. The number of nitrogens with zero attached hydrogens (tertiary/aromatic N) is 2. The van der Waals surface area contributed by atoms with Crippen molar-refractivity contribution in [1.82, 2.24) is 9.97 Å². The molecular formula is C21H24N4O2. The molecule has 6 heteroatoms. The van der Waals surface area contributed by atoms with Crippen LogP contribution >= 0.6 is 0 Å². The van der Waals surface area contributed by atoms with Crippen molar-refractivity contribution in [2.75, 3.05) is 23.8 Å². The maximum absolute atomic E-state index is 5.54. The maximum atomic E-state index is 5.54. The molecule has 0 saturated heterocycles. The van der Waals surface area contributed by atoms with E-state index in [4.69, 9.17) is 9.47 Å². The van der Waals surface area contributed by atoms with Gasteiger partial charge in [-0.3, -0.25) is 0 Å². The first-order valence-electron chi connectivity index (χ1n) is 9.01. The fourth-order valence-corrected chi connectivity index (χ4v) is 2.60. The van der Waals surface area contributed by atoms with Crippen molar-refractivity contribution in [2.45, 2.75) is 20.8 Å². The molecule has 0 radical (unpaired) electrons. The zero-order valence-corrected chi connectivity index (χ0v) is 15.8. The number of hydrogen-bond acceptors (Lipinski definition) is 6. The number of aromatic nitrogens is 2. The molecule has 0 aliphatic rings. The van der Waals surface area contributed by atoms with E-state index < -0.39 is 0 Å². The molecule has 27 heavy (non-hydrogen) atoms. The lowest BCUT2D eigenvalue weighted by atomic mass is 10.3. The molecule has 3 aromatic rings. The number of anilines is 4. The molecule has 0 fully saturated rings. The Labute approximate surface area is 159 Å². The van der Waals surface area contributed by atoms with Gasteiger partial charge < -0.3 is 20.1 Å². The van der Waals surface area contributed by atoms with Crippen molar-refractivity contribution < 1.29 is 9.47 Å². The smallest absolute Gasteiger partial charge is 0.229 e. The van der Waals surface area contributed by atoms with Crippen LogP contribution in [0.5, 0.6) is 11.5 Å². The highest BCUT2D eigenvalue weighted by molar-refractivity contribution is 5.61. The van der Waals surface area contributed by atoms with E-state index in [1.54, 1.807) is 0 Å². The predicted molar refractivity (Wildman–Crippen MR) is 109 cm³/mol. The summed E-state index contributed by atoms with van der Waals surface area (Å²) < 4.78 is 11.0. The minimum atomic E-state index is 0.530. The van der Waals surface area contributed by atoms with Crippen molar-refractivity contribution in [2.24, 2.45) is 0 Å². The van der Waals surface area contributed by atoms with Gasteiger partial charge in [-0.05, 0) is 57.2 Å². The minimum Gasteiger partial charge on any atom is -0.494 e. The summed E-state index contributed by atoms with van der Waals surface area (Å²) in [5.41, 5.74) is 2.67. The Morgan fingerprint density at radius 2 is 1.52 bits per heavy atom. The molecule has 0 aliphatic carbocycles. The molecule has 2 N–H and O–H groups in total. The quantitative estimate of drug-likeness (QED) is 0.582. The molecule has 0 saturated carbocycles. The molecule has 0 aliphatic heterocycles. The zero-order valence-electron chi connectivity index (χ0n) is 15.8. The van der Waals surface area contributed by atoms with Crippen LogP contribution in [0.4, 0.5) is 23.1 Å². The Balaban J connectivity index is 1.75. The minimum absolute atomic E-state index is 0.530. The first-order chi connectivity index (χ1) is 13.2. The van der Waals surface area contributed by atoms with Gasteiger partial charge in [-0.25, -0.2) is 4.98 Å². The van der Waals surface area contributed by atoms with E-state index in [2.05, 4.69) is 20.6 Å². The van der Waals surface area contributed by atoms with Crippen molar-refractivity contribution >= 4 is 23.1 Å². The summed E-state index contributed by atoms with van der Waals surface area (Å²) >= 11 is 0. The number of benzene rings is 2. The molecule has 0 atom stereocenters. The Morgan fingerprint density at radius 1 is 0.778 bits per heavy atom. The highest BCUT2D eigenvalue weighted by Gasteiger charge is 2.05. The monoisotopic (exact) mass is 364 g/mol. The topological polar surface area (TPSA) is 68.3 Å². The Bertz CT molecular complexity index is 882. The first kappa shape index (κ1) is 18.5. The first-order valence-corrected chi connectivity index (χ1v) is 9.01. The summed E-state index contributed by atoms with van der Waals surface area (Å²) in [6.45, 7) is 7.14. The fourth-order valence-electron chi connectivity index (χ4n) is 2.60. The number of nitrogens with one attached hydrogen (secondary N) is 2. The van der Waals surface area contributed by atoms with E-state index in [0.29, 0.717) is 25.0 Å². The van der Waals surface area contributed by atoms with Crippen LogP contribution < -0.4 is 20.1 Å². The Hall–Kier alpha value is -3.28. The van der Waals surface area contributed by atoms with Gasteiger partial charge >= 0.3 is 0 Å². The molecule has 3 rings (SSSR count). The number of ether oxygens (including phenoxy) is 2.